The minimum absolute atomic E-state index is 0.0107. The molecular formula is C14H14F3N3OS. The molecule has 0 aliphatic carbocycles. The van der Waals surface area contributed by atoms with E-state index in [1.165, 1.54) is 23.5 Å². The van der Waals surface area contributed by atoms with Crippen molar-refractivity contribution in [3.8, 4) is 0 Å². The SMILES string of the molecule is CCNc1nc(C(=O)NCc2cccc(C(F)(F)F)c2)cs1. The van der Waals surface area contributed by atoms with Crippen LogP contribution in [0.1, 0.15) is 28.5 Å². The lowest BCUT2D eigenvalue weighted by molar-refractivity contribution is -0.137. The summed E-state index contributed by atoms with van der Waals surface area (Å²) in [7, 11) is 0. The number of carbonyl (C=O) groups is 1. The molecule has 2 N–H and O–H groups in total. The molecule has 2 rings (SSSR count). The van der Waals surface area contributed by atoms with Gasteiger partial charge >= 0.3 is 6.18 Å². The van der Waals surface area contributed by atoms with Crippen LogP contribution in [-0.4, -0.2) is 17.4 Å². The van der Waals surface area contributed by atoms with Crippen molar-refractivity contribution in [3.63, 3.8) is 0 Å². The molecule has 0 atom stereocenters. The highest BCUT2D eigenvalue weighted by Crippen LogP contribution is 2.29. The molecular weight excluding hydrogens is 315 g/mol. The number of rotatable bonds is 5. The van der Waals surface area contributed by atoms with Crippen molar-refractivity contribution >= 4 is 22.4 Å². The van der Waals surface area contributed by atoms with Crippen LogP contribution in [0, 0.1) is 0 Å². The highest BCUT2D eigenvalue weighted by atomic mass is 32.1. The van der Waals surface area contributed by atoms with Crippen LogP contribution in [0.5, 0.6) is 0 Å². The van der Waals surface area contributed by atoms with Crippen LogP contribution >= 0.6 is 11.3 Å². The molecule has 0 saturated carbocycles. The molecule has 0 spiro atoms. The van der Waals surface area contributed by atoms with E-state index in [9.17, 15) is 18.0 Å². The maximum absolute atomic E-state index is 12.6. The zero-order valence-electron chi connectivity index (χ0n) is 11.7. The van der Waals surface area contributed by atoms with Gasteiger partial charge in [0.25, 0.3) is 5.91 Å². The van der Waals surface area contributed by atoms with Gasteiger partial charge < -0.3 is 10.6 Å². The minimum atomic E-state index is -4.39. The van der Waals surface area contributed by atoms with Crippen molar-refractivity contribution in [1.82, 2.24) is 10.3 Å². The average molecular weight is 329 g/mol. The lowest BCUT2D eigenvalue weighted by atomic mass is 10.1. The second-order valence-corrected chi connectivity index (χ2v) is 5.31. The fraction of sp³-hybridized carbons (Fsp3) is 0.286. The van der Waals surface area contributed by atoms with E-state index < -0.39 is 17.6 Å². The van der Waals surface area contributed by atoms with E-state index in [1.807, 2.05) is 6.92 Å². The van der Waals surface area contributed by atoms with Gasteiger partial charge in [-0.25, -0.2) is 4.98 Å². The zero-order valence-corrected chi connectivity index (χ0v) is 12.5. The third-order valence-electron chi connectivity index (χ3n) is 2.77. The van der Waals surface area contributed by atoms with Crippen LogP contribution < -0.4 is 10.6 Å². The number of anilines is 1. The van der Waals surface area contributed by atoms with Gasteiger partial charge in [0.05, 0.1) is 5.56 Å². The van der Waals surface area contributed by atoms with Crippen LogP contribution in [0.2, 0.25) is 0 Å². The van der Waals surface area contributed by atoms with E-state index >= 15 is 0 Å². The Morgan fingerprint density at radius 3 is 2.82 bits per heavy atom. The molecule has 0 radical (unpaired) electrons. The molecule has 4 nitrogen and oxygen atoms in total. The number of amides is 1. The van der Waals surface area contributed by atoms with Crippen molar-refractivity contribution in [2.75, 3.05) is 11.9 Å². The molecule has 1 aromatic carbocycles. The molecule has 2 aromatic rings. The van der Waals surface area contributed by atoms with Crippen LogP contribution in [0.15, 0.2) is 29.6 Å². The Balaban J connectivity index is 1.98. The van der Waals surface area contributed by atoms with Gasteiger partial charge in [-0.05, 0) is 24.6 Å². The van der Waals surface area contributed by atoms with Crippen molar-refractivity contribution < 1.29 is 18.0 Å². The summed E-state index contributed by atoms with van der Waals surface area (Å²) in [6.07, 6.45) is -4.39. The van der Waals surface area contributed by atoms with Gasteiger partial charge in [0.1, 0.15) is 5.69 Å². The van der Waals surface area contributed by atoms with Gasteiger partial charge in [-0.3, -0.25) is 4.79 Å². The number of hydrogen-bond acceptors (Lipinski definition) is 4. The number of alkyl halides is 3. The standard InChI is InChI=1S/C14H14F3N3OS/c1-2-18-13-20-11(8-22-13)12(21)19-7-9-4-3-5-10(6-9)14(15,16)17/h3-6,8H,2,7H2,1H3,(H,18,20)(H,19,21). The second-order valence-electron chi connectivity index (χ2n) is 4.45. The van der Waals surface area contributed by atoms with Gasteiger partial charge in [0.15, 0.2) is 5.13 Å². The maximum Gasteiger partial charge on any atom is 0.416 e. The summed E-state index contributed by atoms with van der Waals surface area (Å²) in [6.45, 7) is 2.62. The molecule has 0 aliphatic rings. The highest BCUT2D eigenvalue weighted by Gasteiger charge is 2.30. The van der Waals surface area contributed by atoms with Gasteiger partial charge in [0, 0.05) is 18.5 Å². The first-order chi connectivity index (χ1) is 10.4. The van der Waals surface area contributed by atoms with E-state index in [0.717, 1.165) is 12.1 Å². The Morgan fingerprint density at radius 2 is 2.14 bits per heavy atom. The Hall–Kier alpha value is -2.09. The molecule has 0 unspecified atom stereocenters. The first-order valence-corrected chi connectivity index (χ1v) is 7.42. The van der Waals surface area contributed by atoms with Gasteiger partial charge in [-0.2, -0.15) is 13.2 Å². The van der Waals surface area contributed by atoms with Crippen LogP contribution in [0.25, 0.3) is 0 Å². The third kappa shape index (κ3) is 4.20. The lowest BCUT2D eigenvalue weighted by Gasteiger charge is -2.09. The fourth-order valence-corrected chi connectivity index (χ4v) is 2.50. The number of nitrogens with zero attached hydrogens (tertiary/aromatic N) is 1. The van der Waals surface area contributed by atoms with Gasteiger partial charge in [-0.1, -0.05) is 12.1 Å². The normalized spacial score (nSPS) is 11.3. The van der Waals surface area contributed by atoms with E-state index in [4.69, 9.17) is 0 Å². The summed E-state index contributed by atoms with van der Waals surface area (Å²) < 4.78 is 37.8. The molecule has 22 heavy (non-hydrogen) atoms. The van der Waals surface area contributed by atoms with Crippen molar-refractivity contribution in [1.29, 1.82) is 0 Å². The van der Waals surface area contributed by atoms with Crippen LogP contribution in [-0.2, 0) is 12.7 Å². The Bertz CT molecular complexity index is 655. The Labute approximate surface area is 129 Å². The van der Waals surface area contributed by atoms with Gasteiger partial charge in [0.2, 0.25) is 0 Å². The molecule has 118 valence electrons. The Kier molecular flexibility index (Phi) is 5.02. The summed E-state index contributed by atoms with van der Waals surface area (Å²) in [5.74, 6) is -0.419. The quantitative estimate of drug-likeness (QED) is 0.882. The number of benzene rings is 1. The smallest absolute Gasteiger partial charge is 0.362 e. The lowest BCUT2D eigenvalue weighted by Crippen LogP contribution is -2.23. The van der Waals surface area contributed by atoms with E-state index in [1.54, 1.807) is 5.38 Å². The fourth-order valence-electron chi connectivity index (χ4n) is 1.74. The highest BCUT2D eigenvalue weighted by molar-refractivity contribution is 7.13. The average Bonchev–Trinajstić information content (AvgIpc) is 2.93. The van der Waals surface area contributed by atoms with Crippen molar-refractivity contribution in [3.05, 3.63) is 46.5 Å². The van der Waals surface area contributed by atoms with Gasteiger partial charge in [-0.15, -0.1) is 11.3 Å². The molecule has 0 bridgehead atoms. The first-order valence-electron chi connectivity index (χ1n) is 6.54. The Morgan fingerprint density at radius 1 is 1.36 bits per heavy atom. The van der Waals surface area contributed by atoms with E-state index in [-0.39, 0.29) is 12.2 Å². The summed E-state index contributed by atoms with van der Waals surface area (Å²) in [5.41, 5.74) is -0.111. The monoisotopic (exact) mass is 329 g/mol. The first kappa shape index (κ1) is 16.3. The summed E-state index contributed by atoms with van der Waals surface area (Å²) >= 11 is 1.30. The van der Waals surface area contributed by atoms with Crippen LogP contribution in [0.4, 0.5) is 18.3 Å². The molecule has 1 amide bonds. The number of hydrogen-bond donors (Lipinski definition) is 2. The molecule has 8 heteroatoms. The molecule has 1 aromatic heterocycles. The van der Waals surface area contributed by atoms with Crippen molar-refractivity contribution in [2.24, 2.45) is 0 Å². The zero-order chi connectivity index (χ0) is 16.2. The summed E-state index contributed by atoms with van der Waals surface area (Å²) in [4.78, 5) is 16.0. The number of nitrogens with one attached hydrogen (secondary N) is 2. The van der Waals surface area contributed by atoms with E-state index in [2.05, 4.69) is 15.6 Å². The minimum Gasteiger partial charge on any atom is -0.362 e. The predicted octanol–water partition coefficient (Wildman–Crippen LogP) is 3.52. The third-order valence-corrected chi connectivity index (χ3v) is 3.57. The maximum atomic E-state index is 12.6. The molecule has 0 aliphatic heterocycles. The molecule has 1 heterocycles. The second kappa shape index (κ2) is 6.78. The number of carbonyl (C=O) groups excluding carboxylic acids is 1. The number of halogens is 3. The topological polar surface area (TPSA) is 54.0 Å². The van der Waals surface area contributed by atoms with Crippen molar-refractivity contribution in [2.45, 2.75) is 19.6 Å². The number of aromatic nitrogens is 1. The number of thiazole rings is 1. The van der Waals surface area contributed by atoms with E-state index in [0.29, 0.717) is 17.2 Å². The molecule has 0 saturated heterocycles. The summed E-state index contributed by atoms with van der Waals surface area (Å²) in [6, 6.07) is 4.86. The predicted molar refractivity (Wildman–Crippen MR) is 78.9 cm³/mol. The largest absolute Gasteiger partial charge is 0.416 e. The van der Waals surface area contributed by atoms with Crippen LogP contribution in [0.3, 0.4) is 0 Å². The summed E-state index contributed by atoms with van der Waals surface area (Å²) in [5, 5.41) is 7.77. The molecule has 0 fully saturated rings.